The van der Waals surface area contributed by atoms with E-state index in [9.17, 15) is 13.7 Å². The van der Waals surface area contributed by atoms with E-state index in [4.69, 9.17) is 0 Å². The Bertz CT molecular complexity index is 1190. The normalized spacial score (nSPS) is 24.7. The van der Waals surface area contributed by atoms with Gasteiger partial charge < -0.3 is 4.90 Å². The number of aromatic nitrogens is 1. The van der Waals surface area contributed by atoms with E-state index >= 15 is 0 Å². The van der Waals surface area contributed by atoms with Gasteiger partial charge in [0.15, 0.2) is 0 Å². The Morgan fingerprint density at radius 2 is 1.89 bits per heavy atom. The predicted octanol–water partition coefficient (Wildman–Crippen LogP) is 2.97. The van der Waals surface area contributed by atoms with Gasteiger partial charge in [-0.05, 0) is 42.8 Å². The van der Waals surface area contributed by atoms with Crippen molar-refractivity contribution in [3.05, 3.63) is 65.9 Å². The maximum absolute atomic E-state index is 13.2. The summed E-state index contributed by atoms with van der Waals surface area (Å²) in [7, 11) is -1.61. The van der Waals surface area contributed by atoms with E-state index in [0.717, 1.165) is 29.5 Å². The lowest BCUT2D eigenvalue weighted by Gasteiger charge is -2.30. The van der Waals surface area contributed by atoms with Crippen molar-refractivity contribution in [2.75, 3.05) is 13.6 Å². The summed E-state index contributed by atoms with van der Waals surface area (Å²) >= 11 is 0. The largest absolute Gasteiger partial charge is 0.301 e. The molecule has 0 saturated carbocycles. The summed E-state index contributed by atoms with van der Waals surface area (Å²) in [5, 5.41) is 10.6. The first-order valence-electron chi connectivity index (χ1n) is 9.05. The molecule has 1 fully saturated rings. The molecule has 2 aromatic carbocycles. The number of likely N-dealkylation sites (tertiary alicyclic amines) is 1. The second-order valence-corrected chi connectivity index (χ2v) is 9.30. The molecule has 2 aliphatic rings. The molecule has 2 heterocycles. The first-order chi connectivity index (χ1) is 13.0. The lowest BCUT2D eigenvalue weighted by molar-refractivity contribution is 0.294. The molecular formula is C21H19N3O2S. The average Bonchev–Trinajstić information content (AvgIpc) is 3.23. The molecule has 6 heteroatoms. The fraction of sp³-hybridized carbons (Fsp3) is 0.286. The van der Waals surface area contributed by atoms with Crippen molar-refractivity contribution >= 4 is 20.9 Å². The van der Waals surface area contributed by atoms with Gasteiger partial charge in [0.2, 0.25) is 0 Å². The van der Waals surface area contributed by atoms with E-state index in [2.05, 4.69) is 24.1 Å². The number of hydrogen-bond donors (Lipinski definition) is 0. The topological polar surface area (TPSA) is 66.1 Å². The molecule has 136 valence electrons. The van der Waals surface area contributed by atoms with Crippen LogP contribution in [-0.2, 0) is 16.4 Å². The van der Waals surface area contributed by atoms with Gasteiger partial charge in [0, 0.05) is 30.1 Å². The summed E-state index contributed by atoms with van der Waals surface area (Å²) in [5.74, 6) is 0.0688. The van der Waals surface area contributed by atoms with Crippen LogP contribution in [0.2, 0.25) is 0 Å². The Morgan fingerprint density at radius 1 is 1.11 bits per heavy atom. The summed E-state index contributed by atoms with van der Waals surface area (Å²) in [6, 6.07) is 17.1. The monoisotopic (exact) mass is 377 g/mol. The molecule has 3 unspecified atom stereocenters. The highest BCUT2D eigenvalue weighted by Gasteiger charge is 2.45. The van der Waals surface area contributed by atoms with Gasteiger partial charge >= 0.3 is 0 Å². The van der Waals surface area contributed by atoms with Crippen LogP contribution >= 0.6 is 0 Å². The van der Waals surface area contributed by atoms with Crippen molar-refractivity contribution in [2.45, 2.75) is 23.3 Å². The molecule has 1 aromatic heterocycles. The minimum atomic E-state index is -3.66. The van der Waals surface area contributed by atoms with Crippen LogP contribution in [0.1, 0.15) is 17.0 Å². The van der Waals surface area contributed by atoms with Gasteiger partial charge in [-0.25, -0.2) is 12.4 Å². The molecule has 1 saturated heterocycles. The van der Waals surface area contributed by atoms with Crippen molar-refractivity contribution < 1.29 is 8.42 Å². The molecule has 1 aliphatic carbocycles. The molecule has 0 spiro atoms. The summed E-state index contributed by atoms with van der Waals surface area (Å²) in [6.45, 7) is 0.759. The number of hydrogen-bond acceptors (Lipinski definition) is 4. The Morgan fingerprint density at radius 3 is 2.63 bits per heavy atom. The van der Waals surface area contributed by atoms with Gasteiger partial charge in [-0.2, -0.15) is 5.26 Å². The Labute approximate surface area is 158 Å². The number of nitriles is 1. The van der Waals surface area contributed by atoms with Gasteiger partial charge in [-0.1, -0.05) is 30.3 Å². The summed E-state index contributed by atoms with van der Waals surface area (Å²) in [5.41, 5.74) is 2.86. The number of nitrogens with zero attached hydrogens (tertiary/aromatic N) is 3. The molecule has 5 nitrogen and oxygen atoms in total. The third-order valence-corrected chi connectivity index (χ3v) is 7.75. The number of likely N-dealkylation sites (N-methyl/N-ethyl adjacent to an activating group) is 1. The van der Waals surface area contributed by atoms with Crippen LogP contribution < -0.4 is 0 Å². The highest BCUT2D eigenvalue weighted by molar-refractivity contribution is 7.90. The predicted molar refractivity (Wildman–Crippen MR) is 103 cm³/mol. The highest BCUT2D eigenvalue weighted by atomic mass is 32.2. The van der Waals surface area contributed by atoms with Crippen molar-refractivity contribution in [1.29, 1.82) is 5.26 Å². The zero-order chi connectivity index (χ0) is 18.8. The molecule has 27 heavy (non-hydrogen) atoms. The van der Waals surface area contributed by atoms with Crippen LogP contribution in [0.5, 0.6) is 0 Å². The molecule has 3 aromatic rings. The average molecular weight is 377 g/mol. The molecule has 5 rings (SSSR count). The minimum absolute atomic E-state index is 0.0622. The second-order valence-electron chi connectivity index (χ2n) is 7.48. The minimum Gasteiger partial charge on any atom is -0.301 e. The molecule has 0 amide bonds. The first-order valence-corrected chi connectivity index (χ1v) is 10.5. The zero-order valence-corrected chi connectivity index (χ0v) is 15.7. The third-order valence-electron chi connectivity index (χ3n) is 6.06. The lowest BCUT2D eigenvalue weighted by Crippen LogP contribution is -2.32. The van der Waals surface area contributed by atoms with E-state index < -0.39 is 10.0 Å². The summed E-state index contributed by atoms with van der Waals surface area (Å²) < 4.78 is 27.9. The van der Waals surface area contributed by atoms with Crippen molar-refractivity contribution in [1.82, 2.24) is 8.87 Å². The van der Waals surface area contributed by atoms with Gasteiger partial charge in [-0.15, -0.1) is 0 Å². The van der Waals surface area contributed by atoms with Crippen LogP contribution in [0.25, 0.3) is 10.9 Å². The molecular weight excluding hydrogens is 358 g/mol. The van der Waals surface area contributed by atoms with Crippen molar-refractivity contribution in [3.63, 3.8) is 0 Å². The van der Waals surface area contributed by atoms with E-state index in [0.29, 0.717) is 5.52 Å². The number of rotatable bonds is 2. The third kappa shape index (κ3) is 2.22. The number of benzene rings is 2. The Hall–Kier alpha value is -2.62. The standard InChI is InChI=1S/C21H19N3O2S/c1-23-12-15(11-22)21-17-8-5-9-18-20(17)14(10-19(21)23)13-24(18)27(25,26)16-6-3-2-4-7-16/h2-9,13,15,19,21H,10,12H2,1H3. The van der Waals surface area contributed by atoms with Crippen molar-refractivity contribution in [3.8, 4) is 6.07 Å². The van der Waals surface area contributed by atoms with Crippen LogP contribution in [0.15, 0.2) is 59.6 Å². The van der Waals surface area contributed by atoms with Gasteiger partial charge in [0.25, 0.3) is 10.0 Å². The van der Waals surface area contributed by atoms with Gasteiger partial charge in [0.05, 0.1) is 22.4 Å². The summed E-state index contributed by atoms with van der Waals surface area (Å²) in [6.07, 6.45) is 2.55. The van der Waals surface area contributed by atoms with Crippen molar-refractivity contribution in [2.24, 2.45) is 5.92 Å². The fourth-order valence-corrected chi connectivity index (χ4v) is 6.26. The Balaban J connectivity index is 1.76. The zero-order valence-electron chi connectivity index (χ0n) is 14.9. The van der Waals surface area contributed by atoms with E-state index in [1.165, 1.54) is 3.97 Å². The van der Waals surface area contributed by atoms with Crippen LogP contribution in [0, 0.1) is 17.2 Å². The first kappa shape index (κ1) is 16.5. The molecule has 3 atom stereocenters. The SMILES string of the molecule is CN1CC(C#N)C2c3cccc4c3c(cn4S(=O)(=O)c3ccccc3)CC21. The smallest absolute Gasteiger partial charge is 0.268 e. The molecule has 0 bridgehead atoms. The fourth-order valence-electron chi connectivity index (χ4n) is 4.86. The quantitative estimate of drug-likeness (QED) is 0.689. The lowest BCUT2D eigenvalue weighted by atomic mass is 9.76. The Kier molecular flexibility index (Phi) is 3.48. The molecule has 0 radical (unpaired) electrons. The van der Waals surface area contributed by atoms with E-state index in [1.807, 2.05) is 18.2 Å². The second kappa shape index (κ2) is 5.69. The summed E-state index contributed by atoms with van der Waals surface area (Å²) in [4.78, 5) is 2.52. The maximum atomic E-state index is 13.2. The van der Waals surface area contributed by atoms with Crippen LogP contribution in [0.3, 0.4) is 0 Å². The highest BCUT2D eigenvalue weighted by Crippen LogP contribution is 2.47. The molecule has 0 N–H and O–H groups in total. The van der Waals surface area contributed by atoms with Gasteiger partial charge in [0.1, 0.15) is 0 Å². The number of fused-ring (bicyclic) bond motifs is 2. The van der Waals surface area contributed by atoms with Gasteiger partial charge in [-0.3, -0.25) is 0 Å². The van der Waals surface area contributed by atoms with E-state index in [-0.39, 0.29) is 22.8 Å². The van der Waals surface area contributed by atoms with E-state index in [1.54, 1.807) is 30.5 Å². The maximum Gasteiger partial charge on any atom is 0.268 e. The van der Waals surface area contributed by atoms with Crippen LogP contribution in [0.4, 0.5) is 0 Å². The van der Waals surface area contributed by atoms with Crippen LogP contribution in [-0.4, -0.2) is 36.9 Å². The molecule has 1 aliphatic heterocycles.